The van der Waals surface area contributed by atoms with Crippen molar-refractivity contribution in [3.63, 3.8) is 0 Å². The molecule has 0 saturated heterocycles. The fourth-order valence-electron chi connectivity index (χ4n) is 3.55. The fraction of sp³-hybridized carbons (Fsp3) is 0. The van der Waals surface area contributed by atoms with Gasteiger partial charge in [0.05, 0.1) is 0 Å². The Labute approximate surface area is 138 Å². The molecule has 5 rings (SSSR count). The van der Waals surface area contributed by atoms with Gasteiger partial charge >= 0.3 is 0 Å². The molecular formula is C22H14O2. The van der Waals surface area contributed by atoms with Crippen molar-refractivity contribution in [3.8, 4) is 11.5 Å². The van der Waals surface area contributed by atoms with Crippen molar-refractivity contribution in [1.29, 1.82) is 0 Å². The van der Waals surface area contributed by atoms with Crippen molar-refractivity contribution in [2.75, 3.05) is 0 Å². The molecule has 0 unspecified atom stereocenters. The first-order valence-electron chi connectivity index (χ1n) is 7.91. The van der Waals surface area contributed by atoms with Gasteiger partial charge in [-0.2, -0.15) is 0 Å². The van der Waals surface area contributed by atoms with Crippen molar-refractivity contribution in [2.45, 2.75) is 0 Å². The van der Waals surface area contributed by atoms with Gasteiger partial charge in [-0.1, -0.05) is 36.4 Å². The van der Waals surface area contributed by atoms with Crippen LogP contribution in [0.25, 0.3) is 43.1 Å². The predicted molar refractivity (Wildman–Crippen MR) is 99.8 cm³/mol. The van der Waals surface area contributed by atoms with Crippen LogP contribution in [0, 0.1) is 0 Å². The summed E-state index contributed by atoms with van der Waals surface area (Å²) in [5, 5.41) is 28.4. The minimum Gasteiger partial charge on any atom is -0.507 e. The van der Waals surface area contributed by atoms with E-state index in [4.69, 9.17) is 0 Å². The average molecular weight is 310 g/mol. The van der Waals surface area contributed by atoms with Gasteiger partial charge in [-0.3, -0.25) is 0 Å². The van der Waals surface area contributed by atoms with Gasteiger partial charge in [-0.25, -0.2) is 0 Å². The molecule has 0 heterocycles. The first-order valence-corrected chi connectivity index (χ1v) is 7.91. The Morgan fingerprint density at radius 1 is 0.458 bits per heavy atom. The molecule has 114 valence electrons. The molecule has 0 saturated carbocycles. The van der Waals surface area contributed by atoms with E-state index >= 15 is 0 Å². The molecule has 0 atom stereocenters. The van der Waals surface area contributed by atoms with E-state index in [-0.39, 0.29) is 11.5 Å². The highest BCUT2D eigenvalue weighted by Gasteiger charge is 2.10. The van der Waals surface area contributed by atoms with Gasteiger partial charge in [-0.05, 0) is 63.3 Å². The molecule has 5 aromatic carbocycles. The van der Waals surface area contributed by atoms with Gasteiger partial charge in [0, 0.05) is 16.2 Å². The Bertz CT molecular complexity index is 1270. The van der Waals surface area contributed by atoms with Gasteiger partial charge < -0.3 is 10.2 Å². The van der Waals surface area contributed by atoms with Gasteiger partial charge in [0.15, 0.2) is 0 Å². The smallest absolute Gasteiger partial charge is 0.131 e. The molecule has 5 aromatic rings. The van der Waals surface area contributed by atoms with E-state index in [0.717, 1.165) is 21.5 Å². The molecule has 0 aromatic heterocycles. The Hall–Kier alpha value is -3.26. The highest BCUT2D eigenvalue weighted by atomic mass is 16.3. The lowest BCUT2D eigenvalue weighted by molar-refractivity contribution is 0.478. The molecule has 0 fully saturated rings. The maximum atomic E-state index is 10.7. The molecule has 2 nitrogen and oxygen atoms in total. The molecule has 0 bridgehead atoms. The van der Waals surface area contributed by atoms with E-state index in [1.807, 2.05) is 30.3 Å². The number of benzene rings is 5. The summed E-state index contributed by atoms with van der Waals surface area (Å²) in [5.41, 5.74) is 0. The fourth-order valence-corrected chi connectivity index (χ4v) is 3.55. The van der Waals surface area contributed by atoms with Crippen LogP contribution in [0.4, 0.5) is 0 Å². The van der Waals surface area contributed by atoms with Crippen molar-refractivity contribution in [2.24, 2.45) is 0 Å². The third-order valence-corrected chi connectivity index (χ3v) is 4.77. The second kappa shape index (κ2) is 4.62. The molecule has 0 spiro atoms. The van der Waals surface area contributed by atoms with Crippen LogP contribution in [-0.2, 0) is 0 Å². The summed E-state index contributed by atoms with van der Waals surface area (Å²) < 4.78 is 0. The van der Waals surface area contributed by atoms with Crippen molar-refractivity contribution in [1.82, 2.24) is 0 Å². The second-order valence-corrected chi connectivity index (χ2v) is 6.22. The van der Waals surface area contributed by atoms with E-state index < -0.39 is 0 Å². The molecule has 0 aliphatic rings. The van der Waals surface area contributed by atoms with Crippen LogP contribution in [-0.4, -0.2) is 10.2 Å². The Morgan fingerprint density at radius 2 is 1.08 bits per heavy atom. The van der Waals surface area contributed by atoms with Crippen molar-refractivity contribution < 1.29 is 10.2 Å². The lowest BCUT2D eigenvalue weighted by Gasteiger charge is -2.10. The largest absolute Gasteiger partial charge is 0.507 e. The van der Waals surface area contributed by atoms with Gasteiger partial charge in [0.25, 0.3) is 0 Å². The Balaban J connectivity index is 1.97. The summed E-state index contributed by atoms with van der Waals surface area (Å²) in [7, 11) is 0. The maximum absolute atomic E-state index is 10.7. The van der Waals surface area contributed by atoms with Crippen LogP contribution < -0.4 is 0 Å². The summed E-state index contributed by atoms with van der Waals surface area (Å²) in [6, 6.07) is 23.8. The Morgan fingerprint density at radius 3 is 1.83 bits per heavy atom. The summed E-state index contributed by atoms with van der Waals surface area (Å²) in [6.07, 6.45) is 0. The standard InChI is InChI=1S/C22H14O2/c23-21-7-3-6-18-20(21)12-17-10-15-8-13-4-1-2-5-14(13)9-16(15)11-19(17)22(18)24/h1-12,23-24H. The minimum atomic E-state index is 0.184. The number of hydrogen-bond donors (Lipinski definition) is 2. The Kier molecular flexibility index (Phi) is 2.54. The summed E-state index contributed by atoms with van der Waals surface area (Å²) in [6.45, 7) is 0. The minimum absolute atomic E-state index is 0.184. The number of rotatable bonds is 0. The average Bonchev–Trinajstić information content (AvgIpc) is 2.60. The van der Waals surface area contributed by atoms with E-state index in [1.165, 1.54) is 10.8 Å². The molecule has 24 heavy (non-hydrogen) atoms. The number of hydrogen-bond acceptors (Lipinski definition) is 2. The SMILES string of the molecule is Oc1cccc2c(O)c3cc4cc5ccccc5cc4cc3cc12. The molecule has 0 aliphatic carbocycles. The van der Waals surface area contributed by atoms with Gasteiger partial charge in [-0.15, -0.1) is 0 Å². The lowest BCUT2D eigenvalue weighted by atomic mass is 9.96. The van der Waals surface area contributed by atoms with Crippen molar-refractivity contribution >= 4 is 43.1 Å². The van der Waals surface area contributed by atoms with E-state index in [1.54, 1.807) is 12.1 Å². The van der Waals surface area contributed by atoms with E-state index in [0.29, 0.717) is 10.8 Å². The number of phenolic OH excluding ortho intramolecular Hbond substituents is 2. The maximum Gasteiger partial charge on any atom is 0.131 e. The van der Waals surface area contributed by atoms with Crippen LogP contribution in [0.15, 0.2) is 72.8 Å². The topological polar surface area (TPSA) is 40.5 Å². The monoisotopic (exact) mass is 310 g/mol. The number of aromatic hydroxyl groups is 2. The summed E-state index contributed by atoms with van der Waals surface area (Å²) in [5.74, 6) is 0.400. The zero-order valence-corrected chi connectivity index (χ0v) is 12.8. The van der Waals surface area contributed by atoms with Crippen LogP contribution >= 0.6 is 0 Å². The molecule has 0 radical (unpaired) electrons. The third kappa shape index (κ3) is 1.77. The van der Waals surface area contributed by atoms with Crippen molar-refractivity contribution in [3.05, 3.63) is 72.8 Å². The normalized spacial score (nSPS) is 11.7. The van der Waals surface area contributed by atoms with Crippen LogP contribution in [0.3, 0.4) is 0 Å². The highest BCUT2D eigenvalue weighted by molar-refractivity contribution is 6.12. The molecule has 0 aliphatic heterocycles. The third-order valence-electron chi connectivity index (χ3n) is 4.77. The first kappa shape index (κ1) is 13.2. The summed E-state index contributed by atoms with van der Waals surface area (Å²) >= 11 is 0. The first-order chi connectivity index (χ1) is 11.7. The summed E-state index contributed by atoms with van der Waals surface area (Å²) in [4.78, 5) is 0. The molecular weight excluding hydrogens is 296 g/mol. The van der Waals surface area contributed by atoms with E-state index in [2.05, 4.69) is 30.3 Å². The van der Waals surface area contributed by atoms with Crippen LogP contribution in [0.5, 0.6) is 11.5 Å². The highest BCUT2D eigenvalue weighted by Crippen LogP contribution is 2.39. The predicted octanol–water partition coefficient (Wildman–Crippen LogP) is 5.71. The van der Waals surface area contributed by atoms with Gasteiger partial charge in [0.2, 0.25) is 0 Å². The quantitative estimate of drug-likeness (QED) is 0.360. The van der Waals surface area contributed by atoms with Gasteiger partial charge in [0.1, 0.15) is 11.5 Å². The second-order valence-electron chi connectivity index (χ2n) is 6.22. The number of phenols is 2. The molecule has 0 amide bonds. The molecule has 2 heteroatoms. The zero-order valence-electron chi connectivity index (χ0n) is 12.8. The van der Waals surface area contributed by atoms with E-state index in [9.17, 15) is 10.2 Å². The zero-order chi connectivity index (χ0) is 16.3. The van der Waals surface area contributed by atoms with Crippen LogP contribution in [0.2, 0.25) is 0 Å². The van der Waals surface area contributed by atoms with Crippen LogP contribution in [0.1, 0.15) is 0 Å². The lowest BCUT2D eigenvalue weighted by Crippen LogP contribution is -1.82. The molecule has 2 N–H and O–H groups in total. The number of fused-ring (bicyclic) bond motifs is 4.